The molecule has 0 spiro atoms. The van der Waals surface area contributed by atoms with E-state index < -0.39 is 17.6 Å². The highest BCUT2D eigenvalue weighted by Crippen LogP contribution is 2.24. The summed E-state index contributed by atoms with van der Waals surface area (Å²) in [6, 6.07) is 5.36. The molecule has 0 aliphatic carbocycles. The van der Waals surface area contributed by atoms with Crippen LogP contribution in [-0.2, 0) is 11.2 Å². The second-order valence-electron chi connectivity index (χ2n) is 4.94. The van der Waals surface area contributed by atoms with Crippen LogP contribution in [0.25, 0.3) is 0 Å². The summed E-state index contributed by atoms with van der Waals surface area (Å²) in [6.45, 7) is 3.58. The molecule has 0 bridgehead atoms. The molecular weight excluding hydrogens is 355 g/mol. The number of carbonyl (C=O) groups excluding carboxylic acids is 2. The van der Waals surface area contributed by atoms with E-state index in [1.54, 1.807) is 6.07 Å². The lowest BCUT2D eigenvalue weighted by Crippen LogP contribution is -2.43. The van der Waals surface area contributed by atoms with Gasteiger partial charge in [0.25, 0.3) is 11.8 Å². The van der Waals surface area contributed by atoms with Crippen molar-refractivity contribution in [1.29, 1.82) is 0 Å². The van der Waals surface area contributed by atoms with E-state index in [4.69, 9.17) is 16.3 Å². The lowest BCUT2D eigenvalue weighted by Gasteiger charge is -2.09. The Bertz CT molecular complexity index is 764. The minimum Gasteiger partial charge on any atom is -0.482 e. The summed E-state index contributed by atoms with van der Waals surface area (Å²) in [7, 11) is 0. The highest BCUT2D eigenvalue weighted by Gasteiger charge is 2.13. The van der Waals surface area contributed by atoms with Crippen molar-refractivity contribution in [1.82, 2.24) is 10.9 Å². The van der Waals surface area contributed by atoms with E-state index in [0.717, 1.165) is 22.9 Å². The molecule has 2 amide bonds. The maximum atomic E-state index is 12.9. The van der Waals surface area contributed by atoms with Crippen LogP contribution in [0.1, 0.15) is 27.0 Å². The molecule has 2 aromatic rings. The molecule has 128 valence electrons. The van der Waals surface area contributed by atoms with Crippen LogP contribution in [0.3, 0.4) is 0 Å². The Kier molecular flexibility index (Phi) is 6.16. The fourth-order valence-corrected chi connectivity index (χ4v) is 3.17. The predicted octanol–water partition coefficient (Wildman–Crippen LogP) is 3.25. The van der Waals surface area contributed by atoms with E-state index >= 15 is 0 Å². The lowest BCUT2D eigenvalue weighted by atomic mass is 10.2. The van der Waals surface area contributed by atoms with Gasteiger partial charge in [-0.1, -0.05) is 18.5 Å². The number of thiophene rings is 1. The molecule has 2 rings (SSSR count). The third-order valence-corrected chi connectivity index (χ3v) is 4.81. The Hall–Kier alpha value is -2.12. The van der Waals surface area contributed by atoms with Gasteiger partial charge in [-0.3, -0.25) is 20.4 Å². The predicted molar refractivity (Wildman–Crippen MR) is 90.9 cm³/mol. The number of amides is 2. The Morgan fingerprint density at radius 3 is 2.67 bits per heavy atom. The second kappa shape index (κ2) is 8.12. The molecule has 1 heterocycles. The molecule has 0 saturated carbocycles. The lowest BCUT2D eigenvalue weighted by molar-refractivity contribution is -0.123. The van der Waals surface area contributed by atoms with Gasteiger partial charge in [0.05, 0.1) is 9.90 Å². The number of ether oxygens (including phenoxy) is 1. The summed E-state index contributed by atoms with van der Waals surface area (Å²) in [5.41, 5.74) is 5.63. The fourth-order valence-electron chi connectivity index (χ4n) is 1.94. The van der Waals surface area contributed by atoms with Crippen molar-refractivity contribution in [2.75, 3.05) is 6.61 Å². The number of hydrogen-bond donors (Lipinski definition) is 2. The number of halogens is 2. The molecule has 8 heteroatoms. The number of hydrogen-bond acceptors (Lipinski definition) is 4. The second-order valence-corrected chi connectivity index (χ2v) is 6.48. The quantitative estimate of drug-likeness (QED) is 0.794. The standard InChI is InChI=1S/C16H16ClFN2O3S/c1-3-13-9(2)6-14(24-13)16(22)20-19-15(21)8-23-12-5-4-10(18)7-11(12)17/h4-7H,3,8H2,1-2H3,(H,19,21)(H,20,22). The summed E-state index contributed by atoms with van der Waals surface area (Å²) in [5.74, 6) is -1.27. The Labute approximate surface area is 147 Å². The van der Waals surface area contributed by atoms with Crippen LogP contribution in [-0.4, -0.2) is 18.4 Å². The highest BCUT2D eigenvalue weighted by atomic mass is 35.5. The monoisotopic (exact) mass is 370 g/mol. The van der Waals surface area contributed by atoms with Gasteiger partial charge in [-0.05, 0) is 43.2 Å². The van der Waals surface area contributed by atoms with Crippen LogP contribution in [0.15, 0.2) is 24.3 Å². The van der Waals surface area contributed by atoms with Crippen molar-refractivity contribution >= 4 is 34.8 Å². The number of nitrogens with one attached hydrogen (secondary N) is 2. The van der Waals surface area contributed by atoms with Gasteiger partial charge in [-0.15, -0.1) is 11.3 Å². The third kappa shape index (κ3) is 4.69. The minimum atomic E-state index is -0.562. The van der Waals surface area contributed by atoms with Crippen molar-refractivity contribution in [2.45, 2.75) is 20.3 Å². The first-order valence-corrected chi connectivity index (χ1v) is 8.36. The first-order chi connectivity index (χ1) is 11.4. The molecule has 0 aliphatic heterocycles. The molecule has 0 aliphatic rings. The Morgan fingerprint density at radius 2 is 2.04 bits per heavy atom. The number of rotatable bonds is 5. The van der Waals surface area contributed by atoms with E-state index in [9.17, 15) is 14.0 Å². The molecule has 0 atom stereocenters. The summed E-state index contributed by atoms with van der Waals surface area (Å²) < 4.78 is 18.1. The van der Waals surface area contributed by atoms with Crippen LogP contribution in [0.4, 0.5) is 4.39 Å². The van der Waals surface area contributed by atoms with Gasteiger partial charge in [0, 0.05) is 4.88 Å². The van der Waals surface area contributed by atoms with E-state index in [1.807, 2.05) is 13.8 Å². The number of aryl methyl sites for hydroxylation is 2. The van der Waals surface area contributed by atoms with Crippen LogP contribution < -0.4 is 15.6 Å². The first-order valence-electron chi connectivity index (χ1n) is 7.17. The molecule has 0 saturated heterocycles. The topological polar surface area (TPSA) is 67.4 Å². The van der Waals surface area contributed by atoms with Crippen molar-refractivity contribution in [3.63, 3.8) is 0 Å². The summed E-state index contributed by atoms with van der Waals surface area (Å²) in [4.78, 5) is 25.3. The molecule has 0 fully saturated rings. The molecule has 1 aromatic heterocycles. The Balaban J connectivity index is 1.83. The van der Waals surface area contributed by atoms with Crippen molar-refractivity contribution in [2.24, 2.45) is 0 Å². The van der Waals surface area contributed by atoms with Crippen LogP contribution in [0, 0.1) is 12.7 Å². The zero-order valence-corrected chi connectivity index (χ0v) is 14.7. The number of carbonyl (C=O) groups is 2. The molecule has 0 unspecified atom stereocenters. The summed E-state index contributed by atoms with van der Waals surface area (Å²) in [5, 5.41) is 0.0630. The largest absolute Gasteiger partial charge is 0.482 e. The summed E-state index contributed by atoms with van der Waals surface area (Å²) in [6.07, 6.45) is 0.850. The van der Waals surface area contributed by atoms with Gasteiger partial charge in [-0.25, -0.2) is 4.39 Å². The molecule has 1 aromatic carbocycles. The van der Waals surface area contributed by atoms with Crippen LogP contribution in [0.5, 0.6) is 5.75 Å². The van der Waals surface area contributed by atoms with Gasteiger partial charge >= 0.3 is 0 Å². The third-order valence-electron chi connectivity index (χ3n) is 3.13. The van der Waals surface area contributed by atoms with Gasteiger partial charge in [0.1, 0.15) is 11.6 Å². The van der Waals surface area contributed by atoms with Crippen LogP contribution in [0.2, 0.25) is 5.02 Å². The van der Waals surface area contributed by atoms with Crippen LogP contribution >= 0.6 is 22.9 Å². The molecular formula is C16H16ClFN2O3S. The zero-order valence-electron chi connectivity index (χ0n) is 13.1. The summed E-state index contributed by atoms with van der Waals surface area (Å²) >= 11 is 7.17. The van der Waals surface area contributed by atoms with Gasteiger partial charge in [0.15, 0.2) is 6.61 Å². The van der Waals surface area contributed by atoms with E-state index in [-0.39, 0.29) is 17.4 Å². The van der Waals surface area contributed by atoms with E-state index in [1.165, 1.54) is 23.5 Å². The van der Waals surface area contributed by atoms with Crippen molar-refractivity contribution in [3.8, 4) is 5.75 Å². The maximum Gasteiger partial charge on any atom is 0.279 e. The smallest absolute Gasteiger partial charge is 0.279 e. The molecule has 24 heavy (non-hydrogen) atoms. The van der Waals surface area contributed by atoms with E-state index in [0.29, 0.717) is 4.88 Å². The fraction of sp³-hybridized carbons (Fsp3) is 0.250. The average molecular weight is 371 g/mol. The van der Waals surface area contributed by atoms with Gasteiger partial charge in [-0.2, -0.15) is 0 Å². The normalized spacial score (nSPS) is 10.3. The minimum absolute atomic E-state index is 0.0630. The van der Waals surface area contributed by atoms with Crippen molar-refractivity contribution in [3.05, 3.63) is 50.4 Å². The number of hydrazine groups is 1. The molecule has 0 radical (unpaired) electrons. The van der Waals surface area contributed by atoms with E-state index in [2.05, 4.69) is 10.9 Å². The first kappa shape index (κ1) is 18.2. The maximum absolute atomic E-state index is 12.9. The molecule has 2 N–H and O–H groups in total. The van der Waals surface area contributed by atoms with Gasteiger partial charge < -0.3 is 4.74 Å². The average Bonchev–Trinajstić information content (AvgIpc) is 2.92. The Morgan fingerprint density at radius 1 is 1.29 bits per heavy atom. The van der Waals surface area contributed by atoms with Gasteiger partial charge in [0.2, 0.25) is 0 Å². The highest BCUT2D eigenvalue weighted by molar-refractivity contribution is 7.14. The SMILES string of the molecule is CCc1sc(C(=O)NNC(=O)COc2ccc(F)cc2Cl)cc1C. The van der Waals surface area contributed by atoms with Crippen molar-refractivity contribution < 1.29 is 18.7 Å². The zero-order chi connectivity index (χ0) is 17.7. The molecule has 5 nitrogen and oxygen atoms in total. The number of benzene rings is 1.